The number of para-hydroxylation sites is 2. The Bertz CT molecular complexity index is 630. The maximum atomic E-state index is 13.3. The van der Waals surface area contributed by atoms with Crippen LogP contribution in [0.25, 0.3) is 0 Å². The molecule has 0 saturated heterocycles. The summed E-state index contributed by atoms with van der Waals surface area (Å²) in [6.07, 6.45) is 0.966. The summed E-state index contributed by atoms with van der Waals surface area (Å²) in [4.78, 5) is 2.27. The first kappa shape index (κ1) is 13.9. The summed E-state index contributed by atoms with van der Waals surface area (Å²) >= 11 is 0. The van der Waals surface area contributed by atoms with E-state index in [1.807, 2.05) is 24.3 Å². The van der Waals surface area contributed by atoms with Crippen LogP contribution >= 0.6 is 0 Å². The minimum atomic E-state index is -0.237. The van der Waals surface area contributed by atoms with Crippen molar-refractivity contribution in [3.8, 4) is 5.75 Å². The molecule has 0 aliphatic carbocycles. The third-order valence-corrected chi connectivity index (χ3v) is 3.79. The van der Waals surface area contributed by atoms with Gasteiger partial charge < -0.3 is 15.4 Å². The number of ether oxygens (including phenoxy) is 1. The van der Waals surface area contributed by atoms with Gasteiger partial charge in [0.15, 0.2) is 0 Å². The number of nitrogens with two attached hydrogens (primary N) is 1. The van der Waals surface area contributed by atoms with Crippen molar-refractivity contribution in [2.75, 3.05) is 18.1 Å². The number of nitrogens with zero attached hydrogens (tertiary/aromatic N) is 1. The highest BCUT2D eigenvalue weighted by Crippen LogP contribution is 2.31. The zero-order valence-corrected chi connectivity index (χ0v) is 11.9. The molecule has 0 unspecified atom stereocenters. The number of halogens is 1. The second-order valence-corrected chi connectivity index (χ2v) is 5.21. The molecule has 0 bridgehead atoms. The monoisotopic (exact) mass is 286 g/mol. The minimum absolute atomic E-state index is 0.237. The highest BCUT2D eigenvalue weighted by Gasteiger charge is 2.17. The van der Waals surface area contributed by atoms with Gasteiger partial charge in [0.25, 0.3) is 0 Å². The standard InChI is InChI=1S/C17H19FN2O/c18-15-7-6-13(14(10-15)11-19)12-20-8-3-9-21-17-5-2-1-4-16(17)20/h1-2,4-7,10H,3,8-9,11-12,19H2. The van der Waals surface area contributed by atoms with Crippen molar-refractivity contribution in [3.05, 3.63) is 59.4 Å². The van der Waals surface area contributed by atoms with E-state index in [1.165, 1.54) is 12.1 Å². The molecule has 0 fully saturated rings. The zero-order chi connectivity index (χ0) is 14.7. The molecule has 2 aromatic rings. The lowest BCUT2D eigenvalue weighted by molar-refractivity contribution is 0.322. The van der Waals surface area contributed by atoms with Crippen molar-refractivity contribution in [1.82, 2.24) is 0 Å². The molecular formula is C17H19FN2O. The van der Waals surface area contributed by atoms with Gasteiger partial charge >= 0.3 is 0 Å². The number of hydrogen-bond acceptors (Lipinski definition) is 3. The summed E-state index contributed by atoms with van der Waals surface area (Å²) in [6.45, 7) is 2.70. The van der Waals surface area contributed by atoms with Gasteiger partial charge in [-0.15, -0.1) is 0 Å². The lowest BCUT2D eigenvalue weighted by Crippen LogP contribution is -2.24. The molecule has 3 rings (SSSR count). The number of hydrogen-bond donors (Lipinski definition) is 1. The van der Waals surface area contributed by atoms with E-state index in [1.54, 1.807) is 0 Å². The van der Waals surface area contributed by atoms with E-state index in [0.29, 0.717) is 13.1 Å². The van der Waals surface area contributed by atoms with Crippen LogP contribution in [0.4, 0.5) is 10.1 Å². The third kappa shape index (κ3) is 3.00. The van der Waals surface area contributed by atoms with Gasteiger partial charge in [0.05, 0.1) is 12.3 Å². The molecule has 0 atom stereocenters. The lowest BCUT2D eigenvalue weighted by Gasteiger charge is -2.25. The van der Waals surface area contributed by atoms with Crippen molar-refractivity contribution < 1.29 is 9.13 Å². The average Bonchev–Trinajstić information content (AvgIpc) is 2.71. The molecule has 4 heteroatoms. The molecule has 1 aliphatic rings. The Labute approximate surface area is 124 Å². The average molecular weight is 286 g/mol. The SMILES string of the molecule is NCc1cc(F)ccc1CN1CCCOc2ccccc21. The van der Waals surface area contributed by atoms with Crippen LogP contribution in [-0.4, -0.2) is 13.2 Å². The van der Waals surface area contributed by atoms with Crippen molar-refractivity contribution in [3.63, 3.8) is 0 Å². The Kier molecular flexibility index (Phi) is 4.06. The van der Waals surface area contributed by atoms with Crippen LogP contribution in [0.1, 0.15) is 17.5 Å². The Hall–Kier alpha value is -2.07. The molecule has 1 aliphatic heterocycles. The zero-order valence-electron chi connectivity index (χ0n) is 11.9. The molecule has 0 radical (unpaired) electrons. The van der Waals surface area contributed by atoms with Gasteiger partial charge in [0.2, 0.25) is 0 Å². The van der Waals surface area contributed by atoms with Gasteiger partial charge in [-0.2, -0.15) is 0 Å². The van der Waals surface area contributed by atoms with E-state index in [4.69, 9.17) is 10.5 Å². The van der Waals surface area contributed by atoms with Crippen LogP contribution in [-0.2, 0) is 13.1 Å². The largest absolute Gasteiger partial charge is 0.491 e. The van der Waals surface area contributed by atoms with E-state index in [2.05, 4.69) is 11.0 Å². The van der Waals surface area contributed by atoms with E-state index in [-0.39, 0.29) is 5.82 Å². The van der Waals surface area contributed by atoms with E-state index in [0.717, 1.165) is 42.1 Å². The molecular weight excluding hydrogens is 267 g/mol. The Balaban J connectivity index is 1.91. The maximum absolute atomic E-state index is 13.3. The predicted octanol–water partition coefficient (Wildman–Crippen LogP) is 3.07. The van der Waals surface area contributed by atoms with Gasteiger partial charge in [0.1, 0.15) is 11.6 Å². The van der Waals surface area contributed by atoms with Gasteiger partial charge in [-0.3, -0.25) is 0 Å². The Morgan fingerprint density at radius 3 is 2.86 bits per heavy atom. The fourth-order valence-electron chi connectivity index (χ4n) is 2.71. The molecule has 0 amide bonds. The van der Waals surface area contributed by atoms with Gasteiger partial charge in [-0.1, -0.05) is 18.2 Å². The molecule has 3 nitrogen and oxygen atoms in total. The first-order valence-corrected chi connectivity index (χ1v) is 7.22. The van der Waals surface area contributed by atoms with Crippen molar-refractivity contribution in [2.24, 2.45) is 5.73 Å². The highest BCUT2D eigenvalue weighted by atomic mass is 19.1. The van der Waals surface area contributed by atoms with Crippen molar-refractivity contribution in [1.29, 1.82) is 0 Å². The fourth-order valence-corrected chi connectivity index (χ4v) is 2.71. The third-order valence-electron chi connectivity index (χ3n) is 3.79. The van der Waals surface area contributed by atoms with Gasteiger partial charge in [-0.05, 0) is 41.8 Å². The summed E-state index contributed by atoms with van der Waals surface area (Å²) in [5.41, 5.74) is 8.75. The van der Waals surface area contributed by atoms with E-state index < -0.39 is 0 Å². The van der Waals surface area contributed by atoms with Crippen LogP contribution in [0, 0.1) is 5.82 Å². The molecule has 0 aromatic heterocycles. The highest BCUT2D eigenvalue weighted by molar-refractivity contribution is 5.59. The summed E-state index contributed by atoms with van der Waals surface area (Å²) in [6, 6.07) is 12.9. The number of rotatable bonds is 3. The summed E-state index contributed by atoms with van der Waals surface area (Å²) in [7, 11) is 0. The van der Waals surface area contributed by atoms with Crippen LogP contribution in [0.5, 0.6) is 5.75 Å². The quantitative estimate of drug-likeness (QED) is 0.942. The lowest BCUT2D eigenvalue weighted by atomic mass is 10.1. The Morgan fingerprint density at radius 2 is 2.00 bits per heavy atom. The first-order chi connectivity index (χ1) is 10.3. The van der Waals surface area contributed by atoms with E-state index >= 15 is 0 Å². The van der Waals surface area contributed by atoms with Crippen molar-refractivity contribution in [2.45, 2.75) is 19.5 Å². The predicted molar refractivity (Wildman–Crippen MR) is 81.9 cm³/mol. The molecule has 110 valence electrons. The second kappa shape index (κ2) is 6.14. The second-order valence-electron chi connectivity index (χ2n) is 5.21. The molecule has 0 spiro atoms. The molecule has 21 heavy (non-hydrogen) atoms. The Morgan fingerprint density at radius 1 is 1.14 bits per heavy atom. The van der Waals surface area contributed by atoms with Crippen LogP contribution in [0.15, 0.2) is 42.5 Å². The van der Waals surface area contributed by atoms with Crippen molar-refractivity contribution >= 4 is 5.69 Å². The van der Waals surface area contributed by atoms with Crippen LogP contribution < -0.4 is 15.4 Å². The first-order valence-electron chi connectivity index (χ1n) is 7.22. The van der Waals surface area contributed by atoms with Crippen LogP contribution in [0.3, 0.4) is 0 Å². The summed E-state index contributed by atoms with van der Waals surface area (Å²) < 4.78 is 19.1. The van der Waals surface area contributed by atoms with Crippen LogP contribution in [0.2, 0.25) is 0 Å². The number of anilines is 1. The molecule has 2 aromatic carbocycles. The normalized spacial score (nSPS) is 14.3. The maximum Gasteiger partial charge on any atom is 0.142 e. The topological polar surface area (TPSA) is 38.5 Å². The molecule has 0 saturated carbocycles. The fraction of sp³-hybridized carbons (Fsp3) is 0.294. The summed E-state index contributed by atoms with van der Waals surface area (Å²) in [5.74, 6) is 0.671. The van der Waals surface area contributed by atoms with Gasteiger partial charge in [0, 0.05) is 19.6 Å². The minimum Gasteiger partial charge on any atom is -0.491 e. The number of benzene rings is 2. The number of fused-ring (bicyclic) bond motifs is 1. The van der Waals surface area contributed by atoms with Gasteiger partial charge in [-0.25, -0.2) is 4.39 Å². The molecule has 2 N–H and O–H groups in total. The summed E-state index contributed by atoms with van der Waals surface area (Å²) in [5, 5.41) is 0. The van der Waals surface area contributed by atoms with E-state index in [9.17, 15) is 4.39 Å². The smallest absolute Gasteiger partial charge is 0.142 e. The molecule has 1 heterocycles.